The van der Waals surface area contributed by atoms with E-state index in [0.717, 1.165) is 36.5 Å². The van der Waals surface area contributed by atoms with Crippen LogP contribution in [0.25, 0.3) is 11.3 Å². The van der Waals surface area contributed by atoms with Crippen molar-refractivity contribution in [2.75, 3.05) is 11.9 Å². The molecule has 0 amide bonds. The molecule has 0 aliphatic heterocycles. The van der Waals surface area contributed by atoms with Crippen LogP contribution in [-0.4, -0.2) is 16.7 Å². The molecule has 4 heteroatoms. The maximum atomic E-state index is 13.1. The van der Waals surface area contributed by atoms with Gasteiger partial charge in [0.25, 0.3) is 0 Å². The first-order valence-electron chi connectivity index (χ1n) is 5.85. The van der Waals surface area contributed by atoms with Gasteiger partial charge < -0.3 is 5.32 Å². The Balaban J connectivity index is 2.07. The second-order valence-electron chi connectivity index (χ2n) is 3.96. The van der Waals surface area contributed by atoms with E-state index in [0.29, 0.717) is 0 Å². The third-order valence-electron chi connectivity index (χ3n) is 2.55. The molecule has 0 spiro atoms. The normalized spacial score (nSPS) is 10.5. The van der Waals surface area contributed by atoms with Gasteiger partial charge in [0.2, 0.25) is 0 Å². The third kappa shape index (κ3) is 3.06. The summed E-state index contributed by atoms with van der Waals surface area (Å²) in [5, 5.41) is 10.2. The first kappa shape index (κ1) is 11.6. The van der Waals surface area contributed by atoms with Crippen molar-refractivity contribution in [1.29, 1.82) is 0 Å². The lowest BCUT2D eigenvalue weighted by atomic mass is 10.1. The second-order valence-corrected chi connectivity index (χ2v) is 3.96. The number of H-pyrrole nitrogens is 1. The van der Waals surface area contributed by atoms with E-state index in [-0.39, 0.29) is 5.82 Å². The Morgan fingerprint density at radius 1 is 1.35 bits per heavy atom. The monoisotopic (exact) mass is 233 g/mol. The summed E-state index contributed by atoms with van der Waals surface area (Å²) < 4.78 is 13.1. The minimum absolute atomic E-state index is 0.238. The standard InChI is InChI=1S/C13H16FN3/c1-2-3-7-15-13-9-12(16-17-13)10-5-4-6-11(14)8-10/h4-6,8-9H,2-3,7H2,1H3,(H2,15,16,17). The Labute approximate surface area is 100 Å². The molecule has 1 aromatic carbocycles. The average Bonchev–Trinajstić information content (AvgIpc) is 2.78. The molecule has 2 N–H and O–H groups in total. The number of aromatic amines is 1. The fourth-order valence-electron chi connectivity index (χ4n) is 1.61. The molecule has 0 radical (unpaired) electrons. The molecule has 0 atom stereocenters. The molecule has 2 aromatic rings. The summed E-state index contributed by atoms with van der Waals surface area (Å²) in [4.78, 5) is 0. The molecule has 0 aliphatic rings. The van der Waals surface area contributed by atoms with Gasteiger partial charge in [-0.1, -0.05) is 25.5 Å². The third-order valence-corrected chi connectivity index (χ3v) is 2.55. The smallest absolute Gasteiger partial charge is 0.148 e. The van der Waals surface area contributed by atoms with Crippen molar-refractivity contribution in [3.05, 3.63) is 36.1 Å². The first-order chi connectivity index (χ1) is 8.29. The van der Waals surface area contributed by atoms with Gasteiger partial charge in [0.05, 0.1) is 5.69 Å². The van der Waals surface area contributed by atoms with Gasteiger partial charge >= 0.3 is 0 Å². The zero-order valence-electron chi connectivity index (χ0n) is 9.83. The highest BCUT2D eigenvalue weighted by Gasteiger charge is 2.03. The predicted molar refractivity (Wildman–Crippen MR) is 67.4 cm³/mol. The molecule has 0 saturated carbocycles. The highest BCUT2D eigenvalue weighted by Crippen LogP contribution is 2.20. The Morgan fingerprint density at radius 3 is 3.00 bits per heavy atom. The minimum atomic E-state index is -0.238. The fraction of sp³-hybridized carbons (Fsp3) is 0.308. The van der Waals surface area contributed by atoms with Gasteiger partial charge in [0.1, 0.15) is 11.6 Å². The Hall–Kier alpha value is -1.84. The van der Waals surface area contributed by atoms with Gasteiger partial charge in [-0.25, -0.2) is 4.39 Å². The van der Waals surface area contributed by atoms with E-state index in [2.05, 4.69) is 22.4 Å². The van der Waals surface area contributed by atoms with E-state index in [9.17, 15) is 4.39 Å². The van der Waals surface area contributed by atoms with Crippen molar-refractivity contribution in [3.63, 3.8) is 0 Å². The van der Waals surface area contributed by atoms with E-state index in [1.165, 1.54) is 12.1 Å². The fourth-order valence-corrected chi connectivity index (χ4v) is 1.61. The molecule has 0 bridgehead atoms. The van der Waals surface area contributed by atoms with Gasteiger partial charge in [-0.15, -0.1) is 0 Å². The highest BCUT2D eigenvalue weighted by atomic mass is 19.1. The molecule has 3 nitrogen and oxygen atoms in total. The largest absolute Gasteiger partial charge is 0.369 e. The van der Waals surface area contributed by atoms with Gasteiger partial charge in [-0.2, -0.15) is 5.10 Å². The SMILES string of the molecule is CCCCNc1cc(-c2cccc(F)c2)[nH]n1. The van der Waals surface area contributed by atoms with Crippen molar-refractivity contribution in [3.8, 4) is 11.3 Å². The van der Waals surface area contributed by atoms with Crippen LogP contribution in [0, 0.1) is 5.82 Å². The van der Waals surface area contributed by atoms with E-state index in [1.54, 1.807) is 6.07 Å². The van der Waals surface area contributed by atoms with E-state index in [4.69, 9.17) is 0 Å². The molecule has 0 aliphatic carbocycles. The Bertz CT molecular complexity index is 479. The summed E-state index contributed by atoms with van der Waals surface area (Å²) in [6.07, 6.45) is 2.26. The number of hydrogen-bond acceptors (Lipinski definition) is 2. The number of unbranched alkanes of at least 4 members (excludes halogenated alkanes) is 1. The summed E-state index contributed by atoms with van der Waals surface area (Å²) in [5.74, 6) is 0.565. The Kier molecular flexibility index (Phi) is 3.75. The molecular weight excluding hydrogens is 217 g/mol. The quantitative estimate of drug-likeness (QED) is 0.777. The molecule has 0 unspecified atom stereocenters. The number of nitrogens with one attached hydrogen (secondary N) is 2. The predicted octanol–water partition coefficient (Wildman–Crippen LogP) is 3.43. The number of halogens is 1. The number of aromatic nitrogens is 2. The highest BCUT2D eigenvalue weighted by molar-refractivity contribution is 5.62. The van der Waals surface area contributed by atoms with Crippen LogP contribution in [-0.2, 0) is 0 Å². The van der Waals surface area contributed by atoms with Gasteiger partial charge in [0, 0.05) is 18.2 Å². The number of anilines is 1. The molecule has 0 saturated heterocycles. The van der Waals surface area contributed by atoms with E-state index >= 15 is 0 Å². The van der Waals surface area contributed by atoms with Crippen molar-refractivity contribution in [1.82, 2.24) is 10.2 Å². The number of hydrogen-bond donors (Lipinski definition) is 2. The van der Waals surface area contributed by atoms with Crippen molar-refractivity contribution < 1.29 is 4.39 Å². The topological polar surface area (TPSA) is 40.7 Å². The summed E-state index contributed by atoms with van der Waals surface area (Å²) >= 11 is 0. The lowest BCUT2D eigenvalue weighted by Gasteiger charge is -1.99. The van der Waals surface area contributed by atoms with Crippen LogP contribution in [0.2, 0.25) is 0 Å². The minimum Gasteiger partial charge on any atom is -0.369 e. The lowest BCUT2D eigenvalue weighted by Crippen LogP contribution is -2.00. The van der Waals surface area contributed by atoms with Crippen LogP contribution in [0.5, 0.6) is 0 Å². The molecule has 90 valence electrons. The van der Waals surface area contributed by atoms with E-state index in [1.807, 2.05) is 12.1 Å². The van der Waals surface area contributed by atoms with E-state index < -0.39 is 0 Å². The molecule has 17 heavy (non-hydrogen) atoms. The molecular formula is C13H16FN3. The lowest BCUT2D eigenvalue weighted by molar-refractivity contribution is 0.628. The van der Waals surface area contributed by atoms with Crippen molar-refractivity contribution >= 4 is 5.82 Å². The average molecular weight is 233 g/mol. The van der Waals surface area contributed by atoms with Crippen LogP contribution < -0.4 is 5.32 Å². The molecule has 1 heterocycles. The summed E-state index contributed by atoms with van der Waals surface area (Å²) in [5.41, 5.74) is 1.63. The van der Waals surface area contributed by atoms with Crippen molar-refractivity contribution in [2.45, 2.75) is 19.8 Å². The molecule has 2 rings (SSSR count). The maximum Gasteiger partial charge on any atom is 0.148 e. The Morgan fingerprint density at radius 2 is 2.24 bits per heavy atom. The van der Waals surface area contributed by atoms with Crippen LogP contribution in [0.4, 0.5) is 10.2 Å². The summed E-state index contributed by atoms with van der Waals surface area (Å²) in [6, 6.07) is 8.36. The molecule has 1 aromatic heterocycles. The number of nitrogens with zero attached hydrogens (tertiary/aromatic N) is 1. The summed E-state index contributed by atoms with van der Waals surface area (Å²) in [7, 11) is 0. The van der Waals surface area contributed by atoms with Gasteiger partial charge in [-0.3, -0.25) is 5.10 Å². The van der Waals surface area contributed by atoms with Gasteiger partial charge in [0.15, 0.2) is 0 Å². The van der Waals surface area contributed by atoms with Crippen LogP contribution in [0.1, 0.15) is 19.8 Å². The summed E-state index contributed by atoms with van der Waals surface area (Å²) in [6.45, 7) is 3.05. The van der Waals surface area contributed by atoms with Crippen LogP contribution >= 0.6 is 0 Å². The zero-order chi connectivity index (χ0) is 12.1. The van der Waals surface area contributed by atoms with Crippen LogP contribution in [0.3, 0.4) is 0 Å². The maximum absolute atomic E-state index is 13.1. The van der Waals surface area contributed by atoms with Crippen molar-refractivity contribution in [2.24, 2.45) is 0 Å². The second kappa shape index (κ2) is 5.48. The number of rotatable bonds is 5. The van der Waals surface area contributed by atoms with Crippen LogP contribution in [0.15, 0.2) is 30.3 Å². The molecule has 0 fully saturated rings. The van der Waals surface area contributed by atoms with Gasteiger partial charge in [-0.05, 0) is 18.6 Å². The zero-order valence-corrected chi connectivity index (χ0v) is 9.83. The number of benzene rings is 1. The first-order valence-corrected chi connectivity index (χ1v) is 5.85.